The Kier molecular flexibility index (Phi) is 4.81. The molecule has 1 nitrogen and oxygen atoms in total. The van der Waals surface area contributed by atoms with Crippen LogP contribution in [0.3, 0.4) is 0 Å². The molecule has 1 aromatic carbocycles. The van der Waals surface area contributed by atoms with Crippen molar-refractivity contribution in [2.24, 2.45) is 0 Å². The quantitative estimate of drug-likeness (QED) is 0.787. The monoisotopic (exact) mass is 279 g/mol. The molecule has 0 spiro atoms. The van der Waals surface area contributed by atoms with Gasteiger partial charge in [-0.2, -0.15) is 11.3 Å². The summed E-state index contributed by atoms with van der Waals surface area (Å²) >= 11 is 7.89. The maximum Gasteiger partial charge on any atom is 0.0543 e. The smallest absolute Gasteiger partial charge is 0.0543 e. The molecule has 18 heavy (non-hydrogen) atoms. The number of benzene rings is 1. The van der Waals surface area contributed by atoms with Crippen LogP contribution < -0.4 is 5.32 Å². The Morgan fingerprint density at radius 1 is 1.22 bits per heavy atom. The first-order chi connectivity index (χ1) is 8.74. The average Bonchev–Trinajstić information content (AvgIpc) is 2.93. The van der Waals surface area contributed by atoms with Gasteiger partial charge in [0.25, 0.3) is 0 Å². The minimum Gasteiger partial charge on any atom is -0.306 e. The van der Waals surface area contributed by atoms with Crippen molar-refractivity contribution in [3.05, 3.63) is 58.3 Å². The summed E-state index contributed by atoms with van der Waals surface area (Å²) in [4.78, 5) is 0. The Bertz CT molecular complexity index is 455. The lowest BCUT2D eigenvalue weighted by molar-refractivity contribution is 0.412. The second kappa shape index (κ2) is 6.37. The molecular formula is C15H18ClNS. The van der Waals surface area contributed by atoms with Gasteiger partial charge in [0.05, 0.1) is 5.54 Å². The Balaban J connectivity index is 1.96. The van der Waals surface area contributed by atoms with Crippen molar-refractivity contribution in [1.29, 1.82) is 0 Å². The first-order valence-corrected chi connectivity index (χ1v) is 7.60. The van der Waals surface area contributed by atoms with E-state index in [2.05, 4.69) is 53.3 Å². The molecule has 1 aromatic heterocycles. The van der Waals surface area contributed by atoms with Crippen LogP contribution in [0.2, 0.25) is 0 Å². The van der Waals surface area contributed by atoms with Gasteiger partial charge in [0.2, 0.25) is 0 Å². The summed E-state index contributed by atoms with van der Waals surface area (Å²) in [5.41, 5.74) is 2.47. The van der Waals surface area contributed by atoms with Crippen molar-refractivity contribution in [3.63, 3.8) is 0 Å². The Morgan fingerprint density at radius 3 is 2.61 bits per heavy atom. The molecule has 0 radical (unpaired) electrons. The first-order valence-electron chi connectivity index (χ1n) is 6.12. The summed E-state index contributed by atoms with van der Waals surface area (Å²) in [6, 6.07) is 12.6. The van der Waals surface area contributed by atoms with E-state index in [1.165, 1.54) is 11.1 Å². The van der Waals surface area contributed by atoms with Crippen molar-refractivity contribution in [2.75, 3.05) is 12.4 Å². The topological polar surface area (TPSA) is 12.0 Å². The van der Waals surface area contributed by atoms with Gasteiger partial charge in [-0.15, -0.1) is 11.6 Å². The van der Waals surface area contributed by atoms with Crippen molar-refractivity contribution in [1.82, 2.24) is 5.32 Å². The van der Waals surface area contributed by atoms with Crippen LogP contribution in [-0.4, -0.2) is 12.4 Å². The van der Waals surface area contributed by atoms with Crippen molar-refractivity contribution in [3.8, 4) is 0 Å². The van der Waals surface area contributed by atoms with Gasteiger partial charge < -0.3 is 5.32 Å². The van der Waals surface area contributed by atoms with Crippen LogP contribution in [0.5, 0.6) is 0 Å². The van der Waals surface area contributed by atoms with E-state index in [4.69, 9.17) is 11.6 Å². The lowest BCUT2D eigenvalue weighted by Gasteiger charge is -2.29. The van der Waals surface area contributed by atoms with Gasteiger partial charge in [-0.25, -0.2) is 0 Å². The fourth-order valence-corrected chi connectivity index (χ4v) is 2.90. The third kappa shape index (κ3) is 3.35. The van der Waals surface area contributed by atoms with E-state index in [0.29, 0.717) is 5.88 Å². The van der Waals surface area contributed by atoms with Crippen LogP contribution in [0.25, 0.3) is 0 Å². The molecule has 2 aromatic rings. The highest BCUT2D eigenvalue weighted by Gasteiger charge is 2.24. The molecule has 0 aliphatic rings. The third-order valence-electron chi connectivity index (χ3n) is 3.19. The predicted molar refractivity (Wildman–Crippen MR) is 80.5 cm³/mol. The first kappa shape index (κ1) is 13.6. The van der Waals surface area contributed by atoms with E-state index in [1.54, 1.807) is 11.3 Å². The van der Waals surface area contributed by atoms with Crippen LogP contribution in [-0.2, 0) is 12.0 Å². The molecule has 0 aliphatic carbocycles. The fraction of sp³-hybridized carbons (Fsp3) is 0.333. The number of hydrogen-bond donors (Lipinski definition) is 1. The summed E-state index contributed by atoms with van der Waals surface area (Å²) < 4.78 is 0. The SMILES string of the molecule is CC(CCl)(NCCc1ccsc1)c1ccccc1. The molecule has 96 valence electrons. The second-order valence-corrected chi connectivity index (χ2v) is 5.69. The van der Waals surface area contributed by atoms with E-state index in [-0.39, 0.29) is 5.54 Å². The van der Waals surface area contributed by atoms with Gasteiger partial charge in [-0.05, 0) is 41.3 Å². The molecule has 0 saturated heterocycles. The van der Waals surface area contributed by atoms with Crippen LogP contribution >= 0.6 is 22.9 Å². The van der Waals surface area contributed by atoms with Crippen molar-refractivity contribution in [2.45, 2.75) is 18.9 Å². The lowest BCUT2D eigenvalue weighted by atomic mass is 9.94. The minimum atomic E-state index is -0.154. The van der Waals surface area contributed by atoms with Crippen LogP contribution in [0.4, 0.5) is 0 Å². The zero-order chi connectivity index (χ0) is 12.8. The molecule has 1 N–H and O–H groups in total. The van der Waals surface area contributed by atoms with Crippen LogP contribution in [0.15, 0.2) is 47.2 Å². The summed E-state index contributed by atoms with van der Waals surface area (Å²) in [5.74, 6) is 0.570. The molecule has 1 unspecified atom stereocenters. The zero-order valence-electron chi connectivity index (χ0n) is 10.5. The molecule has 1 heterocycles. The van der Waals surface area contributed by atoms with E-state index < -0.39 is 0 Å². The normalized spacial score (nSPS) is 14.3. The third-order valence-corrected chi connectivity index (χ3v) is 4.45. The van der Waals surface area contributed by atoms with E-state index in [1.807, 2.05) is 6.07 Å². The largest absolute Gasteiger partial charge is 0.306 e. The predicted octanol–water partition coefficient (Wildman–Crippen LogP) is 4.03. The molecule has 0 amide bonds. The number of halogens is 1. The van der Waals surface area contributed by atoms with Gasteiger partial charge in [-0.3, -0.25) is 0 Å². The van der Waals surface area contributed by atoms with Gasteiger partial charge in [0.15, 0.2) is 0 Å². The van der Waals surface area contributed by atoms with Crippen LogP contribution in [0, 0.1) is 0 Å². The molecule has 3 heteroatoms. The number of nitrogens with one attached hydrogen (secondary N) is 1. The second-order valence-electron chi connectivity index (χ2n) is 4.64. The van der Waals surface area contributed by atoms with E-state index in [9.17, 15) is 0 Å². The number of thiophene rings is 1. The maximum absolute atomic E-state index is 6.14. The zero-order valence-corrected chi connectivity index (χ0v) is 12.1. The Hall–Kier alpha value is -0.830. The molecule has 2 rings (SSSR count). The van der Waals surface area contributed by atoms with E-state index >= 15 is 0 Å². The number of alkyl halides is 1. The van der Waals surface area contributed by atoms with Crippen molar-refractivity contribution < 1.29 is 0 Å². The highest BCUT2D eigenvalue weighted by Crippen LogP contribution is 2.22. The Morgan fingerprint density at radius 2 is 2.00 bits per heavy atom. The molecule has 1 atom stereocenters. The molecule has 0 saturated carbocycles. The maximum atomic E-state index is 6.14. The summed E-state index contributed by atoms with van der Waals surface area (Å²) in [7, 11) is 0. The average molecular weight is 280 g/mol. The molecule has 0 fully saturated rings. The summed E-state index contributed by atoms with van der Waals surface area (Å²) in [5, 5.41) is 7.89. The van der Waals surface area contributed by atoms with Crippen molar-refractivity contribution >= 4 is 22.9 Å². The van der Waals surface area contributed by atoms with Gasteiger partial charge >= 0.3 is 0 Å². The Labute approximate surface area is 118 Å². The molecular weight excluding hydrogens is 262 g/mol. The van der Waals surface area contributed by atoms with Gasteiger partial charge in [-0.1, -0.05) is 30.3 Å². The van der Waals surface area contributed by atoms with Gasteiger partial charge in [0, 0.05) is 12.4 Å². The van der Waals surface area contributed by atoms with E-state index in [0.717, 1.165) is 13.0 Å². The number of rotatable bonds is 6. The summed E-state index contributed by atoms with van der Waals surface area (Å²) in [6.45, 7) is 3.10. The number of hydrogen-bond acceptors (Lipinski definition) is 2. The fourth-order valence-electron chi connectivity index (χ4n) is 1.95. The summed E-state index contributed by atoms with van der Waals surface area (Å²) in [6.07, 6.45) is 1.04. The minimum absolute atomic E-state index is 0.154. The molecule has 0 aliphatic heterocycles. The van der Waals surface area contributed by atoms with Gasteiger partial charge in [0.1, 0.15) is 0 Å². The molecule has 0 bridgehead atoms. The van der Waals surface area contributed by atoms with Crippen LogP contribution in [0.1, 0.15) is 18.1 Å². The highest BCUT2D eigenvalue weighted by molar-refractivity contribution is 7.07. The standard InChI is InChI=1S/C15H18ClNS/c1-15(12-16,14-5-3-2-4-6-14)17-9-7-13-8-10-18-11-13/h2-6,8,10-11,17H,7,9,12H2,1H3. The highest BCUT2D eigenvalue weighted by atomic mass is 35.5. The lowest BCUT2D eigenvalue weighted by Crippen LogP contribution is -2.42.